The van der Waals surface area contributed by atoms with E-state index < -0.39 is 8.32 Å². The molecule has 0 aromatic rings. The molecule has 0 amide bonds. The van der Waals surface area contributed by atoms with Crippen molar-refractivity contribution in [3.05, 3.63) is 0 Å². The van der Waals surface area contributed by atoms with Gasteiger partial charge in [0.2, 0.25) is 0 Å². The first kappa shape index (κ1) is 13.6. The SMILES string of the molecule is CC(C)(C)[Si](C)(C)OC1CC2CC(O)CC2C1. The summed E-state index contributed by atoms with van der Waals surface area (Å²) < 4.78 is 6.49. The molecule has 2 atom stereocenters. The Bertz CT molecular complexity index is 268. The lowest BCUT2D eigenvalue weighted by molar-refractivity contribution is 0.142. The van der Waals surface area contributed by atoms with Crippen LogP contribution < -0.4 is 0 Å². The molecule has 2 rings (SSSR count). The zero-order valence-corrected chi connectivity index (χ0v) is 13.0. The fraction of sp³-hybridized carbons (Fsp3) is 1.00. The lowest BCUT2D eigenvalue weighted by Gasteiger charge is -2.38. The van der Waals surface area contributed by atoms with Crippen LogP contribution in [0, 0.1) is 11.8 Å². The van der Waals surface area contributed by atoms with E-state index in [1.54, 1.807) is 0 Å². The maximum Gasteiger partial charge on any atom is 0.192 e. The summed E-state index contributed by atoms with van der Waals surface area (Å²) in [5, 5.41) is 9.96. The number of rotatable bonds is 2. The highest BCUT2D eigenvalue weighted by Gasteiger charge is 2.45. The van der Waals surface area contributed by atoms with Gasteiger partial charge in [0.15, 0.2) is 8.32 Å². The Kier molecular flexibility index (Phi) is 3.48. The number of hydrogen-bond acceptors (Lipinski definition) is 2. The highest BCUT2D eigenvalue weighted by molar-refractivity contribution is 6.74. The molecule has 2 saturated carbocycles. The van der Waals surface area contributed by atoms with E-state index in [2.05, 4.69) is 33.9 Å². The Hall–Kier alpha value is 0.137. The van der Waals surface area contributed by atoms with Gasteiger partial charge in [0.05, 0.1) is 6.10 Å². The lowest BCUT2D eigenvalue weighted by atomic mass is 10.0. The summed E-state index contributed by atoms with van der Waals surface area (Å²) in [4.78, 5) is 0. The molecule has 0 radical (unpaired) electrons. The Morgan fingerprint density at radius 2 is 1.47 bits per heavy atom. The van der Waals surface area contributed by atoms with Crippen LogP contribution in [-0.2, 0) is 4.43 Å². The zero-order chi connectivity index (χ0) is 12.8. The molecule has 0 aromatic carbocycles. The van der Waals surface area contributed by atoms with Crippen LogP contribution in [0.15, 0.2) is 0 Å². The average molecular weight is 256 g/mol. The van der Waals surface area contributed by atoms with Gasteiger partial charge in [0.1, 0.15) is 0 Å². The fourth-order valence-electron chi connectivity index (χ4n) is 3.22. The van der Waals surface area contributed by atoms with Crippen molar-refractivity contribution in [1.82, 2.24) is 0 Å². The van der Waals surface area contributed by atoms with Gasteiger partial charge in [0, 0.05) is 6.10 Å². The van der Waals surface area contributed by atoms with Crippen molar-refractivity contribution in [3.8, 4) is 0 Å². The number of fused-ring (bicyclic) bond motifs is 1. The van der Waals surface area contributed by atoms with Crippen molar-refractivity contribution in [3.63, 3.8) is 0 Å². The van der Waals surface area contributed by atoms with Crippen LogP contribution in [0.5, 0.6) is 0 Å². The lowest BCUT2D eigenvalue weighted by Crippen LogP contribution is -2.43. The molecule has 0 heterocycles. The molecule has 2 aliphatic carbocycles. The minimum Gasteiger partial charge on any atom is -0.414 e. The Balaban J connectivity index is 1.91. The standard InChI is InChI=1S/C14H28O2Si/c1-14(2,3)17(4,5)16-13-8-10-6-12(15)7-11(10)9-13/h10-13,15H,6-9H2,1-5H3. The summed E-state index contributed by atoms with van der Waals surface area (Å²) in [6, 6.07) is 0. The Labute approximate surface area is 107 Å². The summed E-state index contributed by atoms with van der Waals surface area (Å²) in [7, 11) is -1.60. The minimum absolute atomic E-state index is 0.0289. The molecule has 0 spiro atoms. The smallest absolute Gasteiger partial charge is 0.192 e. The third-order valence-corrected chi connectivity index (χ3v) is 9.75. The van der Waals surface area contributed by atoms with Crippen molar-refractivity contribution in [2.24, 2.45) is 11.8 Å². The van der Waals surface area contributed by atoms with Crippen LogP contribution in [0.4, 0.5) is 0 Å². The molecule has 0 bridgehead atoms. The second kappa shape index (κ2) is 4.36. The molecule has 1 N–H and O–H groups in total. The van der Waals surface area contributed by atoms with Gasteiger partial charge in [-0.2, -0.15) is 0 Å². The van der Waals surface area contributed by atoms with Gasteiger partial charge in [-0.15, -0.1) is 0 Å². The van der Waals surface area contributed by atoms with E-state index in [9.17, 15) is 5.11 Å². The monoisotopic (exact) mass is 256 g/mol. The molecular weight excluding hydrogens is 228 g/mol. The first-order valence-electron chi connectivity index (χ1n) is 7.05. The molecule has 0 aromatic heterocycles. The molecule has 0 aliphatic heterocycles. The topological polar surface area (TPSA) is 29.5 Å². The Morgan fingerprint density at radius 3 is 1.88 bits per heavy atom. The number of aliphatic hydroxyl groups is 1. The maximum atomic E-state index is 9.65. The molecule has 2 nitrogen and oxygen atoms in total. The van der Waals surface area contributed by atoms with E-state index in [-0.39, 0.29) is 6.10 Å². The van der Waals surface area contributed by atoms with E-state index in [0.29, 0.717) is 11.1 Å². The quantitative estimate of drug-likeness (QED) is 0.766. The van der Waals surface area contributed by atoms with E-state index in [4.69, 9.17) is 4.43 Å². The van der Waals surface area contributed by atoms with Crippen LogP contribution in [-0.4, -0.2) is 25.6 Å². The fourth-order valence-corrected chi connectivity index (χ4v) is 4.60. The molecule has 0 saturated heterocycles. The Morgan fingerprint density at radius 1 is 1.00 bits per heavy atom. The van der Waals surface area contributed by atoms with Gasteiger partial charge >= 0.3 is 0 Å². The summed E-state index contributed by atoms with van der Waals surface area (Å²) in [6.07, 6.45) is 4.85. The van der Waals surface area contributed by atoms with Gasteiger partial charge in [-0.1, -0.05) is 20.8 Å². The van der Waals surface area contributed by atoms with Crippen molar-refractivity contribution in [1.29, 1.82) is 0 Å². The minimum atomic E-state index is -1.60. The first-order valence-corrected chi connectivity index (χ1v) is 9.96. The van der Waals surface area contributed by atoms with Crippen LogP contribution in [0.3, 0.4) is 0 Å². The third-order valence-electron chi connectivity index (χ3n) is 5.22. The molecule has 2 aliphatic rings. The van der Waals surface area contributed by atoms with Crippen LogP contribution in [0.1, 0.15) is 46.5 Å². The van der Waals surface area contributed by atoms with E-state index in [1.165, 1.54) is 12.8 Å². The zero-order valence-electron chi connectivity index (χ0n) is 12.0. The third kappa shape index (κ3) is 2.77. The second-order valence-corrected chi connectivity index (χ2v) is 12.4. The molecule has 2 fully saturated rings. The molecule has 100 valence electrons. The second-order valence-electron chi connectivity index (χ2n) is 7.62. The summed E-state index contributed by atoms with van der Waals surface area (Å²) >= 11 is 0. The highest BCUT2D eigenvalue weighted by atomic mass is 28.4. The van der Waals surface area contributed by atoms with E-state index in [1.807, 2.05) is 0 Å². The van der Waals surface area contributed by atoms with Crippen molar-refractivity contribution in [2.45, 2.75) is 76.8 Å². The molecular formula is C14H28O2Si. The van der Waals surface area contributed by atoms with Gasteiger partial charge in [-0.3, -0.25) is 0 Å². The van der Waals surface area contributed by atoms with Gasteiger partial charge in [-0.05, 0) is 55.7 Å². The number of hydrogen-bond donors (Lipinski definition) is 1. The van der Waals surface area contributed by atoms with Gasteiger partial charge < -0.3 is 9.53 Å². The largest absolute Gasteiger partial charge is 0.414 e. The first-order chi connectivity index (χ1) is 7.69. The summed E-state index contributed by atoms with van der Waals surface area (Å²) in [6.45, 7) is 11.6. The van der Waals surface area contributed by atoms with Crippen molar-refractivity contribution in [2.75, 3.05) is 0 Å². The van der Waals surface area contributed by atoms with Crippen LogP contribution in [0.2, 0.25) is 18.1 Å². The predicted octanol–water partition coefficient (Wildman–Crippen LogP) is 3.56. The summed E-state index contributed by atoms with van der Waals surface area (Å²) in [5.41, 5.74) is 0. The van der Waals surface area contributed by atoms with Crippen LogP contribution in [0.25, 0.3) is 0 Å². The molecule has 17 heavy (non-hydrogen) atoms. The van der Waals surface area contributed by atoms with E-state index >= 15 is 0 Å². The molecule has 3 heteroatoms. The predicted molar refractivity (Wildman–Crippen MR) is 73.5 cm³/mol. The molecule has 2 unspecified atom stereocenters. The average Bonchev–Trinajstić information content (AvgIpc) is 2.57. The van der Waals surface area contributed by atoms with E-state index in [0.717, 1.165) is 24.7 Å². The van der Waals surface area contributed by atoms with Gasteiger partial charge in [-0.25, -0.2) is 0 Å². The normalized spacial score (nSPS) is 38.5. The van der Waals surface area contributed by atoms with Crippen LogP contribution >= 0.6 is 0 Å². The highest BCUT2D eigenvalue weighted by Crippen LogP contribution is 2.47. The maximum absolute atomic E-state index is 9.65. The van der Waals surface area contributed by atoms with Crippen molar-refractivity contribution < 1.29 is 9.53 Å². The van der Waals surface area contributed by atoms with Gasteiger partial charge in [0.25, 0.3) is 0 Å². The summed E-state index contributed by atoms with van der Waals surface area (Å²) in [5.74, 6) is 1.47. The van der Waals surface area contributed by atoms with Crippen molar-refractivity contribution >= 4 is 8.32 Å². The number of aliphatic hydroxyl groups excluding tert-OH is 1.